The zero-order valence-electron chi connectivity index (χ0n) is 18.6. The van der Waals surface area contributed by atoms with Gasteiger partial charge in [0.2, 0.25) is 11.9 Å². The van der Waals surface area contributed by atoms with Crippen LogP contribution in [0.5, 0.6) is 0 Å². The second-order valence-electron chi connectivity index (χ2n) is 7.55. The quantitative estimate of drug-likeness (QED) is 0.426. The predicted octanol–water partition coefficient (Wildman–Crippen LogP) is 3.61. The maximum atomic E-state index is 4.98. The van der Waals surface area contributed by atoms with Gasteiger partial charge in [-0.05, 0) is 51.3 Å². The van der Waals surface area contributed by atoms with Gasteiger partial charge in [-0.3, -0.25) is 9.89 Å². The number of hydrogen-bond acceptors (Lipinski definition) is 2. The molecule has 0 fully saturated rings. The fraction of sp³-hybridized carbons (Fsp3) is 0.391. The molecule has 6 nitrogen and oxygen atoms in total. The van der Waals surface area contributed by atoms with Crippen LogP contribution in [0.1, 0.15) is 6.42 Å². The van der Waals surface area contributed by atoms with Gasteiger partial charge in [0.1, 0.15) is 0 Å². The van der Waals surface area contributed by atoms with Gasteiger partial charge >= 0.3 is 0 Å². The molecule has 0 saturated heterocycles. The number of para-hydroxylation sites is 2. The smallest absolute Gasteiger partial charge is 0.233 e. The fourth-order valence-electron chi connectivity index (χ4n) is 2.95. The molecule has 2 aromatic carbocycles. The largest absolute Gasteiger partial charge is 0.349 e. The third-order valence-electron chi connectivity index (χ3n) is 4.25. The van der Waals surface area contributed by atoms with Crippen LogP contribution in [0.4, 0.5) is 11.4 Å². The van der Waals surface area contributed by atoms with Crippen molar-refractivity contribution in [2.24, 2.45) is 9.98 Å². The highest BCUT2D eigenvalue weighted by atomic mass is 15.4. The average Bonchev–Trinajstić information content (AvgIpc) is 2.69. The zero-order valence-corrected chi connectivity index (χ0v) is 18.6. The molecule has 0 aliphatic heterocycles. The lowest BCUT2D eigenvalue weighted by atomic mass is 10.2. The summed E-state index contributed by atoms with van der Waals surface area (Å²) in [5.41, 5.74) is 2.07. The van der Waals surface area contributed by atoms with E-state index in [-0.39, 0.29) is 0 Å². The van der Waals surface area contributed by atoms with Crippen molar-refractivity contribution in [3.8, 4) is 0 Å². The molecule has 0 aromatic heterocycles. The molecule has 0 radical (unpaired) electrons. The normalized spacial score (nSPS) is 11.3. The first-order chi connectivity index (χ1) is 13.9. The molecular formula is C23H34N6. The summed E-state index contributed by atoms with van der Waals surface area (Å²) in [7, 11) is 12.2. The summed E-state index contributed by atoms with van der Waals surface area (Å²) >= 11 is 0. The molecule has 0 heterocycles. The van der Waals surface area contributed by atoms with E-state index in [1.54, 1.807) is 0 Å². The Kier molecular flexibility index (Phi) is 8.68. The molecule has 0 unspecified atom stereocenters. The van der Waals surface area contributed by atoms with Crippen LogP contribution in [0.15, 0.2) is 70.6 Å². The highest BCUT2D eigenvalue weighted by Gasteiger charge is 2.18. The van der Waals surface area contributed by atoms with Crippen molar-refractivity contribution in [2.45, 2.75) is 6.42 Å². The van der Waals surface area contributed by atoms with Gasteiger partial charge in [0.15, 0.2) is 0 Å². The third kappa shape index (κ3) is 6.91. The Labute approximate surface area is 175 Å². The summed E-state index contributed by atoms with van der Waals surface area (Å²) in [5.74, 6) is 1.52. The van der Waals surface area contributed by atoms with Crippen molar-refractivity contribution < 1.29 is 0 Å². The van der Waals surface area contributed by atoms with Crippen molar-refractivity contribution in [2.75, 3.05) is 60.3 Å². The lowest BCUT2D eigenvalue weighted by Gasteiger charge is -2.27. The Balaban J connectivity index is 2.54. The van der Waals surface area contributed by atoms with E-state index in [1.165, 1.54) is 0 Å². The molecule has 0 amide bonds. The van der Waals surface area contributed by atoms with Crippen LogP contribution in [0.2, 0.25) is 0 Å². The van der Waals surface area contributed by atoms with Crippen LogP contribution in [-0.4, -0.2) is 82.0 Å². The van der Waals surface area contributed by atoms with Gasteiger partial charge < -0.3 is 14.7 Å². The van der Waals surface area contributed by atoms with E-state index in [4.69, 9.17) is 9.98 Å². The first-order valence-electron chi connectivity index (χ1n) is 9.93. The maximum absolute atomic E-state index is 4.98. The van der Waals surface area contributed by atoms with Crippen LogP contribution in [0.25, 0.3) is 0 Å². The van der Waals surface area contributed by atoms with Crippen LogP contribution in [0.3, 0.4) is 0 Å². The number of aliphatic imine (C=N–C) groups is 2. The minimum Gasteiger partial charge on any atom is -0.349 e. The van der Waals surface area contributed by atoms with Crippen molar-refractivity contribution in [3.63, 3.8) is 0 Å². The van der Waals surface area contributed by atoms with Crippen molar-refractivity contribution >= 4 is 23.3 Å². The van der Waals surface area contributed by atoms with Crippen molar-refractivity contribution in [3.05, 3.63) is 60.7 Å². The van der Waals surface area contributed by atoms with Crippen LogP contribution < -0.4 is 4.90 Å². The van der Waals surface area contributed by atoms with E-state index < -0.39 is 0 Å². The van der Waals surface area contributed by atoms with Gasteiger partial charge in [0.25, 0.3) is 0 Å². The van der Waals surface area contributed by atoms with Gasteiger partial charge in [-0.15, -0.1) is 0 Å². The van der Waals surface area contributed by atoms with E-state index in [0.717, 1.165) is 30.3 Å². The summed E-state index contributed by atoms with van der Waals surface area (Å²) in [5, 5.41) is 0. The molecule has 0 atom stereocenters. The lowest BCUT2D eigenvalue weighted by molar-refractivity contribution is 0.403. The highest BCUT2D eigenvalue weighted by Crippen LogP contribution is 2.26. The van der Waals surface area contributed by atoms with Gasteiger partial charge in [0.05, 0.1) is 0 Å². The summed E-state index contributed by atoms with van der Waals surface area (Å²) in [6.45, 7) is 1.70. The van der Waals surface area contributed by atoms with Crippen LogP contribution in [-0.2, 0) is 0 Å². The molecule has 6 heteroatoms. The summed E-state index contributed by atoms with van der Waals surface area (Å²) < 4.78 is 0. The summed E-state index contributed by atoms with van der Waals surface area (Å²) in [4.78, 5) is 18.2. The van der Waals surface area contributed by atoms with Gasteiger partial charge in [-0.25, -0.2) is 0 Å². The Morgan fingerprint density at radius 2 is 1.21 bits per heavy atom. The number of rotatable bonds is 6. The van der Waals surface area contributed by atoms with E-state index in [2.05, 4.69) is 48.2 Å². The minimum atomic E-state index is 0.679. The second-order valence-corrected chi connectivity index (χ2v) is 7.55. The zero-order chi connectivity index (χ0) is 21.2. The molecule has 0 aliphatic rings. The molecule has 0 spiro atoms. The minimum absolute atomic E-state index is 0.679. The first-order valence-corrected chi connectivity index (χ1v) is 9.93. The highest BCUT2D eigenvalue weighted by molar-refractivity contribution is 6.08. The molecule has 156 valence electrons. The maximum Gasteiger partial charge on any atom is 0.233 e. The van der Waals surface area contributed by atoms with Crippen molar-refractivity contribution in [1.82, 2.24) is 14.7 Å². The van der Waals surface area contributed by atoms with Gasteiger partial charge in [-0.2, -0.15) is 4.99 Å². The molecule has 2 rings (SSSR count). The fourth-order valence-corrected chi connectivity index (χ4v) is 2.95. The average molecular weight is 395 g/mol. The number of nitrogens with zero attached hydrogens (tertiary/aromatic N) is 6. The molecule has 0 saturated carbocycles. The van der Waals surface area contributed by atoms with E-state index in [0.29, 0.717) is 12.5 Å². The molecular weight excluding hydrogens is 360 g/mol. The molecule has 0 bridgehead atoms. The number of benzene rings is 2. The third-order valence-corrected chi connectivity index (χ3v) is 4.25. The Bertz CT molecular complexity index is 732. The second kappa shape index (κ2) is 11.2. The number of anilines is 2. The molecule has 0 N–H and O–H groups in total. The van der Waals surface area contributed by atoms with Gasteiger partial charge in [0, 0.05) is 46.1 Å². The van der Waals surface area contributed by atoms with E-state index in [9.17, 15) is 0 Å². The SMILES string of the molecule is CN(C)CCCN=C(N=C(N(C)C)N(C)C)N(c1ccccc1)c1ccccc1. The lowest BCUT2D eigenvalue weighted by Crippen LogP contribution is -2.38. The van der Waals surface area contributed by atoms with Gasteiger partial charge in [-0.1, -0.05) is 36.4 Å². The Hall–Kier alpha value is -2.86. The van der Waals surface area contributed by atoms with E-state index >= 15 is 0 Å². The van der Waals surface area contributed by atoms with E-state index in [1.807, 2.05) is 74.4 Å². The Morgan fingerprint density at radius 1 is 0.724 bits per heavy atom. The van der Waals surface area contributed by atoms with Crippen molar-refractivity contribution in [1.29, 1.82) is 0 Å². The number of guanidine groups is 2. The topological polar surface area (TPSA) is 37.7 Å². The standard InChI is InChI=1S/C23H34N6/c1-26(2)19-13-18-24-22(25-23(27(3)4)28(5)6)29(20-14-9-7-10-15-20)21-16-11-8-12-17-21/h7-12,14-17H,13,18-19H2,1-6H3. The van der Waals surface area contributed by atoms with Crippen LogP contribution in [0, 0.1) is 0 Å². The summed E-state index contributed by atoms with van der Waals surface area (Å²) in [6.07, 6.45) is 0.975. The summed E-state index contributed by atoms with van der Waals surface area (Å²) in [6, 6.07) is 20.5. The molecule has 29 heavy (non-hydrogen) atoms. The predicted molar refractivity (Wildman–Crippen MR) is 125 cm³/mol. The Morgan fingerprint density at radius 3 is 1.62 bits per heavy atom. The number of hydrogen-bond donors (Lipinski definition) is 0. The molecule has 0 aliphatic carbocycles. The first kappa shape index (κ1) is 22.4. The molecule has 2 aromatic rings. The monoisotopic (exact) mass is 394 g/mol. The van der Waals surface area contributed by atoms with Crippen LogP contribution >= 0.6 is 0 Å².